The fraction of sp³-hybridized carbons (Fsp3) is 0.0392. The van der Waals surface area contributed by atoms with E-state index in [2.05, 4.69) is 191 Å². The van der Waals surface area contributed by atoms with Crippen LogP contribution < -0.4 is 10.6 Å². The molecule has 8 aromatic carbocycles. The smallest absolute Gasteiger partial charge is 0.131 e. The summed E-state index contributed by atoms with van der Waals surface area (Å²) >= 11 is 3.76. The third-order valence-electron chi connectivity index (χ3n) is 11.5. The molecule has 1 aliphatic heterocycles. The van der Waals surface area contributed by atoms with Gasteiger partial charge in [0, 0.05) is 67.9 Å². The van der Waals surface area contributed by atoms with E-state index in [0.717, 1.165) is 17.0 Å². The van der Waals surface area contributed by atoms with Crippen molar-refractivity contribution in [1.82, 2.24) is 15.2 Å². The van der Waals surface area contributed by atoms with Gasteiger partial charge in [0.1, 0.15) is 18.2 Å². The van der Waals surface area contributed by atoms with Crippen LogP contribution in [0.25, 0.3) is 79.0 Å². The van der Waals surface area contributed by atoms with Crippen LogP contribution in [0.5, 0.6) is 0 Å². The third kappa shape index (κ3) is 5.26. The first kappa shape index (κ1) is 32.7. The molecule has 0 amide bonds. The predicted molar refractivity (Wildman–Crippen MR) is 243 cm³/mol. The normalized spacial score (nSPS) is 15.9. The summed E-state index contributed by atoms with van der Waals surface area (Å²) < 4.78 is 7.60. The lowest BCUT2D eigenvalue weighted by Crippen LogP contribution is -2.44. The van der Waals surface area contributed by atoms with Crippen LogP contribution in [0.2, 0.25) is 0 Å². The predicted octanol–water partition coefficient (Wildman–Crippen LogP) is 13.5. The lowest BCUT2D eigenvalue weighted by atomic mass is 9.97. The maximum absolute atomic E-state index is 5.23. The highest BCUT2D eigenvalue weighted by Gasteiger charge is 2.26. The Morgan fingerprint density at radius 3 is 1.98 bits per heavy atom. The van der Waals surface area contributed by atoms with E-state index in [4.69, 9.17) is 4.99 Å². The summed E-state index contributed by atoms with van der Waals surface area (Å²) in [5, 5.41) is 15.2. The number of amidine groups is 1. The summed E-state index contributed by atoms with van der Waals surface area (Å²) in [6, 6.07) is 66.0. The van der Waals surface area contributed by atoms with Gasteiger partial charge < -0.3 is 9.88 Å². The molecule has 2 unspecified atom stereocenters. The summed E-state index contributed by atoms with van der Waals surface area (Å²) in [6.45, 7) is 0. The minimum absolute atomic E-state index is 0.0755. The second-order valence-corrected chi connectivity index (χ2v) is 16.9. The molecule has 2 N–H and O–H groups in total. The lowest BCUT2D eigenvalue weighted by Gasteiger charge is -2.32. The highest BCUT2D eigenvalue weighted by atomic mass is 32.1. The highest BCUT2D eigenvalue weighted by molar-refractivity contribution is 7.26. The number of thiophene rings is 2. The molecule has 57 heavy (non-hydrogen) atoms. The van der Waals surface area contributed by atoms with E-state index in [1.165, 1.54) is 84.5 Å². The van der Waals surface area contributed by atoms with Crippen LogP contribution >= 0.6 is 22.7 Å². The number of nitrogens with one attached hydrogen (secondary N) is 2. The first-order valence-corrected chi connectivity index (χ1v) is 21.0. The number of hydrogen-bond acceptors (Lipinski definition) is 5. The van der Waals surface area contributed by atoms with E-state index < -0.39 is 0 Å². The van der Waals surface area contributed by atoms with Gasteiger partial charge in [0.15, 0.2) is 0 Å². The molecular formula is C51H34N4S2. The Labute approximate surface area is 337 Å². The molecule has 11 aromatic rings. The topological polar surface area (TPSA) is 41.4 Å². The Kier molecular flexibility index (Phi) is 7.45. The Morgan fingerprint density at radius 1 is 0.474 bits per heavy atom. The van der Waals surface area contributed by atoms with E-state index in [1.807, 2.05) is 28.7 Å². The van der Waals surface area contributed by atoms with Gasteiger partial charge in [0.05, 0.1) is 11.0 Å². The lowest BCUT2D eigenvalue weighted by molar-refractivity contribution is 0.409. The average Bonchev–Trinajstić information content (AvgIpc) is 3.96. The molecule has 0 radical (unpaired) electrons. The first-order chi connectivity index (χ1) is 28.2. The Bertz CT molecular complexity index is 3320. The zero-order valence-corrected chi connectivity index (χ0v) is 32.3. The van der Waals surface area contributed by atoms with Gasteiger partial charge in [-0.15, -0.1) is 22.7 Å². The molecule has 0 spiro atoms. The molecule has 270 valence electrons. The molecule has 4 heterocycles. The van der Waals surface area contributed by atoms with Gasteiger partial charge in [0.2, 0.25) is 0 Å². The molecule has 0 saturated heterocycles. The van der Waals surface area contributed by atoms with Crippen molar-refractivity contribution >= 4 is 90.7 Å². The van der Waals surface area contributed by atoms with Crippen molar-refractivity contribution in [2.24, 2.45) is 4.99 Å². The van der Waals surface area contributed by atoms with Crippen molar-refractivity contribution in [2.45, 2.75) is 12.3 Å². The maximum Gasteiger partial charge on any atom is 0.131 e. The summed E-state index contributed by atoms with van der Waals surface area (Å²) in [5.74, 6) is 0.894. The first-order valence-electron chi connectivity index (χ1n) is 19.4. The van der Waals surface area contributed by atoms with Crippen LogP contribution in [-0.4, -0.2) is 10.4 Å². The number of rotatable bonds is 5. The third-order valence-corrected chi connectivity index (χ3v) is 13.8. The van der Waals surface area contributed by atoms with Crippen LogP contribution in [-0.2, 0) is 0 Å². The molecule has 1 aliphatic rings. The van der Waals surface area contributed by atoms with Crippen LogP contribution in [0.3, 0.4) is 0 Å². The quantitative estimate of drug-likeness (QED) is 0.183. The standard InChI is InChI=1S/C51H34N4S2/c1-3-13-31(14-4-1)49-52-50(32-15-5-2-6-16-32)54-51(53-49)33-25-27-40-46(29-33)56-45-24-12-19-37(47(40)45)38-20-11-21-39-41-30-34(26-28-44(41)57-48(38)39)55-42-22-9-7-17-35(42)36-18-8-10-23-43(36)55/h1-30,49,51,53H,(H,52,54). The van der Waals surface area contributed by atoms with Gasteiger partial charge in [-0.2, -0.15) is 0 Å². The fourth-order valence-corrected chi connectivity index (χ4v) is 11.3. The summed E-state index contributed by atoms with van der Waals surface area (Å²) in [7, 11) is 0. The molecule has 6 heteroatoms. The number of hydrogen-bond donors (Lipinski definition) is 2. The van der Waals surface area contributed by atoms with Crippen LogP contribution in [0.15, 0.2) is 187 Å². The van der Waals surface area contributed by atoms with Crippen molar-refractivity contribution in [2.75, 3.05) is 0 Å². The average molecular weight is 767 g/mol. The van der Waals surface area contributed by atoms with Crippen LogP contribution in [0.4, 0.5) is 0 Å². The van der Waals surface area contributed by atoms with E-state index >= 15 is 0 Å². The van der Waals surface area contributed by atoms with Crippen molar-refractivity contribution in [3.8, 4) is 16.8 Å². The fourth-order valence-electron chi connectivity index (χ4n) is 8.86. The highest BCUT2D eigenvalue weighted by Crippen LogP contribution is 2.46. The van der Waals surface area contributed by atoms with Gasteiger partial charge in [-0.1, -0.05) is 140 Å². The Hall–Kier alpha value is -6.57. The van der Waals surface area contributed by atoms with E-state index in [9.17, 15) is 0 Å². The zero-order valence-electron chi connectivity index (χ0n) is 30.7. The summed E-state index contributed by atoms with van der Waals surface area (Å²) in [5.41, 5.74) is 9.61. The SMILES string of the molecule is c1ccc(C2=NC(c3ccc4c(c3)sc3cccc(-c5cccc6c5sc5ccc(-n7c8ccccc8c8ccccc87)cc56)c34)NC(c3ccccc3)N2)cc1. The Morgan fingerprint density at radius 2 is 1.18 bits per heavy atom. The number of benzene rings is 8. The van der Waals surface area contributed by atoms with Crippen LogP contribution in [0, 0.1) is 0 Å². The van der Waals surface area contributed by atoms with Gasteiger partial charge in [-0.3, -0.25) is 5.32 Å². The largest absolute Gasteiger partial charge is 0.350 e. The van der Waals surface area contributed by atoms with Gasteiger partial charge in [-0.25, -0.2) is 4.99 Å². The minimum atomic E-state index is -0.208. The van der Waals surface area contributed by atoms with Gasteiger partial charge in [0.25, 0.3) is 0 Å². The number of para-hydroxylation sites is 2. The minimum Gasteiger partial charge on any atom is -0.350 e. The molecule has 0 fully saturated rings. The molecule has 4 nitrogen and oxygen atoms in total. The second kappa shape index (κ2) is 13.0. The number of aromatic nitrogens is 1. The zero-order chi connectivity index (χ0) is 37.5. The van der Waals surface area contributed by atoms with E-state index in [1.54, 1.807) is 0 Å². The number of nitrogens with zero attached hydrogens (tertiary/aromatic N) is 2. The second-order valence-electron chi connectivity index (χ2n) is 14.8. The molecule has 0 saturated carbocycles. The van der Waals surface area contributed by atoms with Gasteiger partial charge in [-0.05, 0) is 59.2 Å². The van der Waals surface area contributed by atoms with Gasteiger partial charge >= 0.3 is 0 Å². The van der Waals surface area contributed by atoms with Crippen molar-refractivity contribution in [3.05, 3.63) is 199 Å². The molecule has 0 aliphatic carbocycles. The maximum atomic E-state index is 5.23. The van der Waals surface area contributed by atoms with Crippen LogP contribution in [0.1, 0.15) is 29.0 Å². The van der Waals surface area contributed by atoms with Crippen molar-refractivity contribution < 1.29 is 0 Å². The molecule has 0 bridgehead atoms. The molecule has 2 atom stereocenters. The van der Waals surface area contributed by atoms with E-state index in [0.29, 0.717) is 0 Å². The monoisotopic (exact) mass is 766 g/mol. The molecular weight excluding hydrogens is 733 g/mol. The summed E-state index contributed by atoms with van der Waals surface area (Å²) in [6.07, 6.45) is -0.283. The van der Waals surface area contributed by atoms with E-state index in [-0.39, 0.29) is 12.3 Å². The number of fused-ring (bicyclic) bond motifs is 9. The van der Waals surface area contributed by atoms with Crippen molar-refractivity contribution in [3.63, 3.8) is 0 Å². The molecule has 3 aromatic heterocycles. The number of aliphatic imine (C=N–C) groups is 1. The molecule has 12 rings (SSSR count). The Balaban J connectivity index is 0.973. The summed E-state index contributed by atoms with van der Waals surface area (Å²) in [4.78, 5) is 5.23. The van der Waals surface area contributed by atoms with Crippen molar-refractivity contribution in [1.29, 1.82) is 0 Å².